The lowest BCUT2D eigenvalue weighted by molar-refractivity contribution is -0.123. The summed E-state index contributed by atoms with van der Waals surface area (Å²) in [6, 6.07) is 9.75. The molecule has 1 amide bonds. The van der Waals surface area contributed by atoms with Gasteiger partial charge < -0.3 is 5.32 Å². The summed E-state index contributed by atoms with van der Waals surface area (Å²) in [5, 5.41) is 1.71. The Labute approximate surface area is 155 Å². The number of carbonyl (C=O) groups excluding carboxylic acids is 1. The minimum absolute atomic E-state index is 0.153. The van der Waals surface area contributed by atoms with Crippen molar-refractivity contribution in [2.45, 2.75) is 11.1 Å². The Morgan fingerprint density at radius 2 is 1.81 bits per heavy atom. The van der Waals surface area contributed by atoms with Gasteiger partial charge in [-0.2, -0.15) is 21.9 Å². The van der Waals surface area contributed by atoms with E-state index < -0.39 is 28.7 Å². The smallest absolute Gasteiger partial charge is 0.343 e. The van der Waals surface area contributed by atoms with E-state index >= 15 is 0 Å². The Bertz CT molecular complexity index is 1100. The van der Waals surface area contributed by atoms with E-state index in [-0.39, 0.29) is 21.7 Å². The van der Waals surface area contributed by atoms with Crippen molar-refractivity contribution in [1.82, 2.24) is 14.1 Å². The van der Waals surface area contributed by atoms with Gasteiger partial charge in [-0.15, -0.1) is 0 Å². The summed E-state index contributed by atoms with van der Waals surface area (Å²) in [6.45, 7) is -1.53. The van der Waals surface area contributed by atoms with Gasteiger partial charge in [0.25, 0.3) is 15.9 Å². The zero-order valence-electron chi connectivity index (χ0n) is 13.3. The zero-order chi connectivity index (χ0) is 19.7. The largest absolute Gasteiger partial charge is 0.405 e. The molecule has 0 atom stereocenters. The first-order valence-electron chi connectivity index (χ1n) is 7.35. The van der Waals surface area contributed by atoms with Crippen molar-refractivity contribution in [2.24, 2.45) is 0 Å². The van der Waals surface area contributed by atoms with E-state index in [1.165, 1.54) is 36.4 Å². The van der Waals surface area contributed by atoms with Crippen LogP contribution in [0, 0.1) is 0 Å². The van der Waals surface area contributed by atoms with Crippen LogP contribution in [0.3, 0.4) is 0 Å². The summed E-state index contributed by atoms with van der Waals surface area (Å²) < 4.78 is 72.5. The molecule has 0 aliphatic heterocycles. The molecule has 3 rings (SSSR count). The van der Waals surface area contributed by atoms with Crippen LogP contribution in [0.25, 0.3) is 11.0 Å². The van der Waals surface area contributed by atoms with Gasteiger partial charge in [0.15, 0.2) is 0 Å². The number of alkyl halides is 3. The molecular weight excluding hydrogens is 405 g/mol. The molecule has 0 spiro atoms. The number of hydrogen-bond acceptors (Lipinski definition) is 6. The molecule has 7 nitrogen and oxygen atoms in total. The number of nitrogens with zero attached hydrogens (tertiary/aromatic N) is 2. The molecule has 2 N–H and O–H groups in total. The number of rotatable bonds is 5. The Hall–Kier alpha value is -2.73. The second kappa shape index (κ2) is 7.12. The number of fused-ring (bicyclic) bond motifs is 1. The highest BCUT2D eigenvalue weighted by molar-refractivity contribution is 7.93. The van der Waals surface area contributed by atoms with Crippen molar-refractivity contribution in [2.75, 3.05) is 11.3 Å². The average Bonchev–Trinajstić information content (AvgIpc) is 3.07. The molecule has 1 aromatic heterocycles. The minimum Gasteiger partial charge on any atom is -0.343 e. The van der Waals surface area contributed by atoms with Crippen LogP contribution >= 0.6 is 11.7 Å². The molecule has 0 bridgehead atoms. The molecule has 0 saturated carbocycles. The van der Waals surface area contributed by atoms with Crippen molar-refractivity contribution >= 4 is 44.4 Å². The monoisotopic (exact) mass is 416 g/mol. The highest BCUT2D eigenvalue weighted by Crippen LogP contribution is 2.25. The SMILES string of the molecule is O=C(NCC(F)(F)F)c1ccccc1NS(=O)(=O)c1cccc2nsnc12. The second-order valence-electron chi connectivity index (χ2n) is 5.34. The standard InChI is InChI=1S/C15H11F3N4O3S2/c16-15(17,18)8-19-14(23)9-4-1-2-5-10(9)22-27(24,25)12-7-3-6-11-13(12)21-26-20-11/h1-7,22H,8H2,(H,19,23). The summed E-state index contributed by atoms with van der Waals surface area (Å²) in [4.78, 5) is 11.9. The van der Waals surface area contributed by atoms with Gasteiger partial charge in [0.1, 0.15) is 22.5 Å². The predicted octanol–water partition coefficient (Wildman–Crippen LogP) is 2.78. The van der Waals surface area contributed by atoms with Crippen molar-refractivity contribution in [3.8, 4) is 0 Å². The first kappa shape index (κ1) is 19.0. The Balaban J connectivity index is 1.92. The number of amides is 1. The maximum absolute atomic E-state index is 12.7. The van der Waals surface area contributed by atoms with E-state index in [4.69, 9.17) is 0 Å². The molecule has 142 valence electrons. The molecule has 2 aromatic carbocycles. The lowest BCUT2D eigenvalue weighted by atomic mass is 10.1. The lowest BCUT2D eigenvalue weighted by Crippen LogP contribution is -2.34. The van der Waals surface area contributed by atoms with E-state index in [2.05, 4.69) is 13.5 Å². The number of benzene rings is 2. The van der Waals surface area contributed by atoms with Gasteiger partial charge in [-0.25, -0.2) is 8.42 Å². The van der Waals surface area contributed by atoms with Gasteiger partial charge in [0, 0.05) is 0 Å². The van der Waals surface area contributed by atoms with Crippen molar-refractivity contribution in [3.05, 3.63) is 48.0 Å². The van der Waals surface area contributed by atoms with Crippen molar-refractivity contribution < 1.29 is 26.4 Å². The molecular formula is C15H11F3N4O3S2. The first-order valence-corrected chi connectivity index (χ1v) is 9.57. The van der Waals surface area contributed by atoms with Crippen LogP contribution in [0.15, 0.2) is 47.4 Å². The van der Waals surface area contributed by atoms with Crippen molar-refractivity contribution in [3.63, 3.8) is 0 Å². The van der Waals surface area contributed by atoms with Gasteiger partial charge >= 0.3 is 6.18 Å². The topological polar surface area (TPSA) is 101 Å². The van der Waals surface area contributed by atoms with Crippen LogP contribution in [-0.2, 0) is 10.0 Å². The molecule has 0 radical (unpaired) electrons. The minimum atomic E-state index is -4.59. The number of halogens is 3. The van der Waals surface area contributed by atoms with Crippen LogP contribution in [-0.4, -0.2) is 35.8 Å². The van der Waals surface area contributed by atoms with E-state index in [1.807, 2.05) is 0 Å². The summed E-state index contributed by atoms with van der Waals surface area (Å²) >= 11 is 0.843. The number of para-hydroxylation sites is 1. The molecule has 0 saturated heterocycles. The number of sulfonamides is 1. The maximum Gasteiger partial charge on any atom is 0.405 e. The normalized spacial score (nSPS) is 12.1. The van der Waals surface area contributed by atoms with Gasteiger partial charge in [-0.3, -0.25) is 9.52 Å². The third-order valence-electron chi connectivity index (χ3n) is 3.40. The third kappa shape index (κ3) is 4.34. The number of carbonyl (C=O) groups is 1. The van der Waals surface area contributed by atoms with Crippen LogP contribution < -0.4 is 10.0 Å². The van der Waals surface area contributed by atoms with E-state index in [1.54, 1.807) is 11.4 Å². The van der Waals surface area contributed by atoms with E-state index in [9.17, 15) is 26.4 Å². The summed E-state index contributed by atoms with van der Waals surface area (Å²) in [6.07, 6.45) is -4.59. The van der Waals surface area contributed by atoms with Gasteiger partial charge in [0.2, 0.25) is 0 Å². The molecule has 0 fully saturated rings. The van der Waals surface area contributed by atoms with Gasteiger partial charge in [-0.1, -0.05) is 18.2 Å². The third-order valence-corrected chi connectivity index (χ3v) is 5.34. The fourth-order valence-corrected chi connectivity index (χ4v) is 4.09. The molecule has 12 heteroatoms. The number of aromatic nitrogens is 2. The summed E-state index contributed by atoms with van der Waals surface area (Å²) in [5.41, 5.74) is 0.152. The molecule has 27 heavy (non-hydrogen) atoms. The maximum atomic E-state index is 12.7. The summed E-state index contributed by atoms with van der Waals surface area (Å²) in [5.74, 6) is -1.06. The van der Waals surface area contributed by atoms with E-state index in [0.717, 1.165) is 11.7 Å². The average molecular weight is 416 g/mol. The zero-order valence-corrected chi connectivity index (χ0v) is 15.0. The van der Waals surface area contributed by atoms with Gasteiger partial charge in [0.05, 0.1) is 23.0 Å². The van der Waals surface area contributed by atoms with Crippen LogP contribution in [0.2, 0.25) is 0 Å². The molecule has 0 unspecified atom stereocenters. The molecule has 0 aliphatic carbocycles. The fourth-order valence-electron chi connectivity index (χ4n) is 2.24. The van der Waals surface area contributed by atoms with Crippen LogP contribution in [0.1, 0.15) is 10.4 Å². The van der Waals surface area contributed by atoms with Crippen molar-refractivity contribution in [1.29, 1.82) is 0 Å². The second-order valence-corrected chi connectivity index (χ2v) is 7.52. The first-order chi connectivity index (χ1) is 12.7. The van der Waals surface area contributed by atoms with Crippen LogP contribution in [0.5, 0.6) is 0 Å². The number of hydrogen-bond donors (Lipinski definition) is 2. The quantitative estimate of drug-likeness (QED) is 0.666. The Morgan fingerprint density at radius 1 is 1.07 bits per heavy atom. The number of nitrogens with one attached hydrogen (secondary N) is 2. The summed E-state index contributed by atoms with van der Waals surface area (Å²) in [7, 11) is -4.16. The predicted molar refractivity (Wildman–Crippen MR) is 93.1 cm³/mol. The number of anilines is 1. The molecule has 3 aromatic rings. The highest BCUT2D eigenvalue weighted by atomic mass is 32.2. The molecule has 1 heterocycles. The molecule has 0 aliphatic rings. The van der Waals surface area contributed by atoms with Crippen LogP contribution in [0.4, 0.5) is 18.9 Å². The fraction of sp³-hybridized carbons (Fsp3) is 0.133. The lowest BCUT2D eigenvalue weighted by Gasteiger charge is -2.13. The Morgan fingerprint density at radius 3 is 2.56 bits per heavy atom. The van der Waals surface area contributed by atoms with Gasteiger partial charge in [-0.05, 0) is 24.3 Å². The Kier molecular flexibility index (Phi) is 5.02. The highest BCUT2D eigenvalue weighted by Gasteiger charge is 2.29. The van der Waals surface area contributed by atoms with E-state index in [0.29, 0.717) is 5.52 Å².